The maximum atomic E-state index is 13.0. The molecule has 0 radical (unpaired) electrons. The smallest absolute Gasteiger partial charge is 0.342 e. The highest BCUT2D eigenvalue weighted by Gasteiger charge is 2.36. The highest BCUT2D eigenvalue weighted by atomic mass is 32.1. The topological polar surface area (TPSA) is 92.7 Å². The van der Waals surface area contributed by atoms with Crippen LogP contribution in [0.15, 0.2) is 29.6 Å². The third-order valence-electron chi connectivity index (χ3n) is 5.32. The number of amides is 1. The van der Waals surface area contributed by atoms with Gasteiger partial charge in [-0.2, -0.15) is 0 Å². The second-order valence-corrected chi connectivity index (χ2v) is 8.88. The van der Waals surface area contributed by atoms with Crippen molar-refractivity contribution in [2.75, 3.05) is 5.32 Å². The fraction of sp³-hybridized carbons (Fsp3) is 0.435. The average Bonchev–Trinajstić information content (AvgIpc) is 3.11. The number of thiophene rings is 1. The van der Waals surface area contributed by atoms with Crippen LogP contribution in [0.25, 0.3) is 11.1 Å². The molecule has 30 heavy (non-hydrogen) atoms. The van der Waals surface area contributed by atoms with Crippen molar-refractivity contribution in [2.24, 2.45) is 11.8 Å². The number of carboxylic acids is 1. The SMILES string of the molecule is Cc1cccc(-c2csc(NC(=O)[C@@H]3CCCC[C@H]3C(=O)O)c2C(=O)OC(C)C)c1. The first-order valence-electron chi connectivity index (χ1n) is 10.2. The molecule has 1 amide bonds. The van der Waals surface area contributed by atoms with E-state index in [9.17, 15) is 19.5 Å². The van der Waals surface area contributed by atoms with Crippen LogP contribution in [0.1, 0.15) is 55.5 Å². The Bertz CT molecular complexity index is 949. The third-order valence-corrected chi connectivity index (χ3v) is 6.22. The number of hydrogen-bond acceptors (Lipinski definition) is 5. The first kappa shape index (κ1) is 22.0. The summed E-state index contributed by atoms with van der Waals surface area (Å²) in [4.78, 5) is 37.4. The molecule has 1 aromatic carbocycles. The number of benzene rings is 1. The molecule has 2 atom stereocenters. The van der Waals surface area contributed by atoms with Crippen molar-refractivity contribution in [2.45, 2.75) is 52.6 Å². The van der Waals surface area contributed by atoms with Gasteiger partial charge >= 0.3 is 11.9 Å². The van der Waals surface area contributed by atoms with Crippen LogP contribution < -0.4 is 5.32 Å². The van der Waals surface area contributed by atoms with E-state index < -0.39 is 23.8 Å². The number of carbonyl (C=O) groups is 3. The minimum Gasteiger partial charge on any atom is -0.481 e. The van der Waals surface area contributed by atoms with Crippen molar-refractivity contribution in [3.63, 3.8) is 0 Å². The lowest BCUT2D eigenvalue weighted by Crippen LogP contribution is -2.36. The molecule has 2 N–H and O–H groups in total. The van der Waals surface area contributed by atoms with Crippen molar-refractivity contribution < 1.29 is 24.2 Å². The molecule has 1 saturated carbocycles. The fourth-order valence-electron chi connectivity index (χ4n) is 3.90. The molecular formula is C23H27NO5S. The van der Waals surface area contributed by atoms with E-state index >= 15 is 0 Å². The van der Waals surface area contributed by atoms with Crippen LogP contribution in [0.3, 0.4) is 0 Å². The van der Waals surface area contributed by atoms with Gasteiger partial charge in [-0.1, -0.05) is 42.7 Å². The van der Waals surface area contributed by atoms with Gasteiger partial charge in [-0.15, -0.1) is 11.3 Å². The molecule has 6 nitrogen and oxygen atoms in total. The summed E-state index contributed by atoms with van der Waals surface area (Å²) in [5.41, 5.74) is 2.93. The second-order valence-electron chi connectivity index (χ2n) is 8.00. The molecule has 0 bridgehead atoms. The van der Waals surface area contributed by atoms with E-state index in [1.165, 1.54) is 11.3 Å². The monoisotopic (exact) mass is 429 g/mol. The number of aliphatic carboxylic acids is 1. The standard InChI is InChI=1S/C23H27NO5S/c1-13(2)29-23(28)19-18(15-8-6-7-14(3)11-15)12-30-21(19)24-20(25)16-9-4-5-10-17(16)22(26)27/h6-8,11-13,16-17H,4-5,9-10H2,1-3H3,(H,24,25)(H,26,27)/t16-,17-/m1/s1. The maximum absolute atomic E-state index is 13.0. The van der Waals surface area contributed by atoms with Crippen LogP contribution in [0, 0.1) is 18.8 Å². The summed E-state index contributed by atoms with van der Waals surface area (Å²) in [7, 11) is 0. The molecule has 7 heteroatoms. The van der Waals surface area contributed by atoms with Crippen molar-refractivity contribution in [1.82, 2.24) is 0 Å². The Morgan fingerprint density at radius 1 is 1.17 bits per heavy atom. The zero-order valence-electron chi connectivity index (χ0n) is 17.4. The maximum Gasteiger partial charge on any atom is 0.342 e. The Hall–Kier alpha value is -2.67. The number of hydrogen-bond donors (Lipinski definition) is 2. The summed E-state index contributed by atoms with van der Waals surface area (Å²) in [6, 6.07) is 7.77. The lowest BCUT2D eigenvalue weighted by Gasteiger charge is -2.27. The van der Waals surface area contributed by atoms with Gasteiger partial charge in [0.15, 0.2) is 0 Å². The van der Waals surface area contributed by atoms with Crippen LogP contribution in [-0.2, 0) is 14.3 Å². The number of esters is 1. The number of aryl methyl sites for hydroxylation is 1. The lowest BCUT2D eigenvalue weighted by molar-refractivity contribution is -0.147. The van der Waals surface area contributed by atoms with Crippen molar-refractivity contribution in [1.29, 1.82) is 0 Å². The fourth-order valence-corrected chi connectivity index (χ4v) is 4.86. The van der Waals surface area contributed by atoms with Gasteiger partial charge in [0, 0.05) is 10.9 Å². The predicted molar refractivity (Wildman–Crippen MR) is 117 cm³/mol. The molecule has 0 spiro atoms. The molecule has 3 rings (SSSR count). The number of carbonyl (C=O) groups excluding carboxylic acids is 2. The van der Waals surface area contributed by atoms with Gasteiger partial charge in [0.05, 0.1) is 17.9 Å². The first-order valence-corrected chi connectivity index (χ1v) is 11.1. The average molecular weight is 430 g/mol. The number of nitrogens with one attached hydrogen (secondary N) is 1. The van der Waals surface area contributed by atoms with Gasteiger partial charge < -0.3 is 15.2 Å². The van der Waals surface area contributed by atoms with Crippen molar-refractivity contribution in [3.8, 4) is 11.1 Å². The first-order chi connectivity index (χ1) is 14.3. The second kappa shape index (κ2) is 9.43. The molecular weight excluding hydrogens is 402 g/mol. The van der Waals surface area contributed by atoms with Gasteiger partial charge in [0.25, 0.3) is 0 Å². The van der Waals surface area contributed by atoms with Gasteiger partial charge in [-0.25, -0.2) is 4.79 Å². The van der Waals surface area contributed by atoms with E-state index in [1.54, 1.807) is 13.8 Å². The van der Waals surface area contributed by atoms with Gasteiger partial charge in [-0.3, -0.25) is 9.59 Å². The summed E-state index contributed by atoms with van der Waals surface area (Å²) in [6.07, 6.45) is 2.35. The number of rotatable bonds is 6. The van der Waals surface area contributed by atoms with E-state index in [-0.39, 0.29) is 12.0 Å². The lowest BCUT2D eigenvalue weighted by atomic mass is 9.79. The third kappa shape index (κ3) is 4.90. The summed E-state index contributed by atoms with van der Waals surface area (Å²) < 4.78 is 5.44. The molecule has 0 saturated heterocycles. The molecule has 160 valence electrons. The van der Waals surface area contributed by atoms with Crippen LogP contribution in [0.4, 0.5) is 5.00 Å². The van der Waals surface area contributed by atoms with Crippen LogP contribution in [0.5, 0.6) is 0 Å². The van der Waals surface area contributed by atoms with E-state index in [0.29, 0.717) is 29.0 Å². The van der Waals surface area contributed by atoms with E-state index in [1.807, 2.05) is 36.6 Å². The zero-order chi connectivity index (χ0) is 21.8. The van der Waals surface area contributed by atoms with Gasteiger partial charge in [0.1, 0.15) is 10.6 Å². The zero-order valence-corrected chi connectivity index (χ0v) is 18.3. The van der Waals surface area contributed by atoms with E-state index in [4.69, 9.17) is 4.74 Å². The Balaban J connectivity index is 1.95. The molecule has 1 aliphatic rings. The molecule has 1 fully saturated rings. The highest BCUT2D eigenvalue weighted by Crippen LogP contribution is 2.38. The normalized spacial score (nSPS) is 18.8. The van der Waals surface area contributed by atoms with Crippen LogP contribution in [0.2, 0.25) is 0 Å². The van der Waals surface area contributed by atoms with Crippen LogP contribution in [-0.4, -0.2) is 29.1 Å². The largest absolute Gasteiger partial charge is 0.481 e. The molecule has 1 aromatic heterocycles. The number of anilines is 1. The quantitative estimate of drug-likeness (QED) is 0.622. The summed E-state index contributed by atoms with van der Waals surface area (Å²) in [6.45, 7) is 5.52. The highest BCUT2D eigenvalue weighted by molar-refractivity contribution is 7.15. The number of carboxylic acid groups (broad SMARTS) is 1. The predicted octanol–water partition coefficient (Wildman–Crippen LogP) is 5.12. The van der Waals surface area contributed by atoms with Gasteiger partial charge in [-0.05, 0) is 39.2 Å². The minimum absolute atomic E-state index is 0.305. The molecule has 0 unspecified atom stereocenters. The van der Waals surface area contributed by atoms with E-state index in [2.05, 4.69) is 5.32 Å². The minimum atomic E-state index is -0.944. The van der Waals surface area contributed by atoms with Crippen molar-refractivity contribution in [3.05, 3.63) is 40.8 Å². The Labute approximate surface area is 180 Å². The summed E-state index contributed by atoms with van der Waals surface area (Å²) in [5, 5.41) is 14.6. The van der Waals surface area contributed by atoms with Crippen molar-refractivity contribution >= 4 is 34.2 Å². The molecule has 1 aliphatic carbocycles. The van der Waals surface area contributed by atoms with Gasteiger partial charge in [0.2, 0.25) is 5.91 Å². The summed E-state index contributed by atoms with van der Waals surface area (Å²) in [5.74, 6) is -3.09. The summed E-state index contributed by atoms with van der Waals surface area (Å²) >= 11 is 1.25. The van der Waals surface area contributed by atoms with E-state index in [0.717, 1.165) is 24.0 Å². The Morgan fingerprint density at radius 3 is 2.50 bits per heavy atom. The number of ether oxygens (including phenoxy) is 1. The Morgan fingerprint density at radius 2 is 1.87 bits per heavy atom. The molecule has 1 heterocycles. The van der Waals surface area contributed by atoms with Crippen LogP contribution >= 0.6 is 11.3 Å². The Kier molecular flexibility index (Phi) is 6.92. The molecule has 2 aromatic rings. The molecule has 0 aliphatic heterocycles.